The second-order valence-corrected chi connectivity index (χ2v) is 7.66. The lowest BCUT2D eigenvalue weighted by Gasteiger charge is -2.13. The molecule has 198 valence electrons. The fourth-order valence-electron chi connectivity index (χ4n) is 3.07. The zero-order valence-corrected chi connectivity index (χ0v) is 20.9. The molecule has 1 aromatic rings. The molecule has 0 fully saturated rings. The van der Waals surface area contributed by atoms with E-state index in [1.165, 1.54) is 4.90 Å². The topological polar surface area (TPSA) is 102 Å². The van der Waals surface area contributed by atoms with E-state index in [0.29, 0.717) is 103 Å². The minimum Gasteiger partial charge on any atom is -0.378 e. The molecule has 0 radical (unpaired) electrons. The number of rotatable bonds is 23. The number of hydrogen-bond acceptors (Lipinski definition) is 9. The lowest BCUT2D eigenvalue weighted by molar-refractivity contribution is -0.0204. The Labute approximate surface area is 211 Å². The first-order valence-corrected chi connectivity index (χ1v) is 12.3. The summed E-state index contributed by atoms with van der Waals surface area (Å²) < 4.78 is 37.7. The highest BCUT2D eigenvalue weighted by molar-refractivity contribution is 6.21. The van der Waals surface area contributed by atoms with Gasteiger partial charge in [0.25, 0.3) is 11.8 Å². The number of nitrogens with zero attached hydrogens (tertiary/aromatic N) is 1. The number of carbonyl (C=O) groups excluding carboxylic acids is 2. The molecule has 0 saturated heterocycles. The van der Waals surface area contributed by atoms with Crippen molar-refractivity contribution in [1.29, 1.82) is 0 Å². The van der Waals surface area contributed by atoms with Crippen molar-refractivity contribution in [1.82, 2.24) is 4.90 Å². The molecule has 0 saturated carbocycles. The van der Waals surface area contributed by atoms with Crippen molar-refractivity contribution < 1.29 is 42.7 Å². The lowest BCUT2D eigenvalue weighted by atomic mass is 10.1. The van der Waals surface area contributed by atoms with Gasteiger partial charge in [-0.15, -0.1) is 11.6 Å². The molecule has 0 bridgehead atoms. The van der Waals surface area contributed by atoms with E-state index in [9.17, 15) is 9.59 Å². The second kappa shape index (κ2) is 19.5. The largest absolute Gasteiger partial charge is 0.378 e. The minimum absolute atomic E-state index is 0.221. The second-order valence-electron chi connectivity index (χ2n) is 7.28. The Hall–Kier alpha value is -1.63. The van der Waals surface area contributed by atoms with E-state index in [-0.39, 0.29) is 25.0 Å². The third-order valence-corrected chi connectivity index (χ3v) is 4.95. The van der Waals surface area contributed by atoms with Crippen LogP contribution in [0.4, 0.5) is 0 Å². The Kier molecular flexibility index (Phi) is 16.5. The summed E-state index contributed by atoms with van der Waals surface area (Å²) in [6, 6.07) is 6.82. The summed E-state index contributed by atoms with van der Waals surface area (Å²) in [6.07, 6.45) is 0. The fourth-order valence-corrected chi connectivity index (χ4v) is 3.18. The van der Waals surface area contributed by atoms with Crippen LogP contribution in [-0.4, -0.2) is 122 Å². The standard InChI is InChI=1S/C24H36ClNO9/c25-5-7-29-9-11-31-13-15-33-17-19-35-20-18-34-16-14-32-12-10-30-8-6-26-23(27)21-3-1-2-4-22(21)24(26)28/h1-4H,5-20H2. The zero-order chi connectivity index (χ0) is 25.0. The lowest BCUT2D eigenvalue weighted by Crippen LogP contribution is -2.33. The molecule has 1 heterocycles. The Morgan fingerprint density at radius 2 is 0.829 bits per heavy atom. The zero-order valence-electron chi connectivity index (χ0n) is 20.1. The Morgan fingerprint density at radius 1 is 0.514 bits per heavy atom. The number of carbonyl (C=O) groups is 2. The average molecular weight is 518 g/mol. The van der Waals surface area contributed by atoms with E-state index in [1.54, 1.807) is 24.3 Å². The van der Waals surface area contributed by atoms with Gasteiger partial charge in [-0.1, -0.05) is 12.1 Å². The number of halogens is 1. The fraction of sp³-hybridized carbons (Fsp3) is 0.667. The van der Waals surface area contributed by atoms with E-state index < -0.39 is 0 Å². The number of benzene rings is 1. The Bertz CT molecular complexity index is 687. The van der Waals surface area contributed by atoms with Gasteiger partial charge in [0.05, 0.1) is 110 Å². The van der Waals surface area contributed by atoms with Crippen molar-refractivity contribution in [3.8, 4) is 0 Å². The van der Waals surface area contributed by atoms with Crippen LogP contribution >= 0.6 is 11.6 Å². The maximum atomic E-state index is 12.2. The molecular weight excluding hydrogens is 482 g/mol. The van der Waals surface area contributed by atoms with Gasteiger partial charge < -0.3 is 33.2 Å². The molecule has 2 rings (SSSR count). The first-order chi connectivity index (χ1) is 17.3. The van der Waals surface area contributed by atoms with E-state index in [2.05, 4.69) is 0 Å². The van der Waals surface area contributed by atoms with Gasteiger partial charge in [0.2, 0.25) is 0 Å². The van der Waals surface area contributed by atoms with Crippen LogP contribution in [-0.2, 0) is 33.2 Å². The smallest absolute Gasteiger partial charge is 0.261 e. The van der Waals surface area contributed by atoms with E-state index in [1.807, 2.05) is 0 Å². The van der Waals surface area contributed by atoms with Crippen molar-refractivity contribution in [2.24, 2.45) is 0 Å². The van der Waals surface area contributed by atoms with Crippen molar-refractivity contribution in [2.75, 3.05) is 105 Å². The van der Waals surface area contributed by atoms with Gasteiger partial charge in [0.1, 0.15) is 0 Å². The molecule has 1 aliphatic rings. The highest BCUT2D eigenvalue weighted by Gasteiger charge is 2.34. The molecule has 10 nitrogen and oxygen atoms in total. The maximum absolute atomic E-state index is 12.2. The van der Waals surface area contributed by atoms with Gasteiger partial charge >= 0.3 is 0 Å². The summed E-state index contributed by atoms with van der Waals surface area (Å²) in [6.45, 7) is 6.77. The summed E-state index contributed by atoms with van der Waals surface area (Å²) >= 11 is 5.49. The highest BCUT2D eigenvalue weighted by atomic mass is 35.5. The van der Waals surface area contributed by atoms with Crippen LogP contribution < -0.4 is 0 Å². The van der Waals surface area contributed by atoms with Crippen molar-refractivity contribution >= 4 is 23.4 Å². The number of hydrogen-bond donors (Lipinski definition) is 0. The Morgan fingerprint density at radius 3 is 1.17 bits per heavy atom. The summed E-state index contributed by atoms with van der Waals surface area (Å²) in [5.74, 6) is -0.0563. The molecule has 1 aliphatic heterocycles. The number of amides is 2. The highest BCUT2D eigenvalue weighted by Crippen LogP contribution is 2.21. The van der Waals surface area contributed by atoms with E-state index >= 15 is 0 Å². The van der Waals surface area contributed by atoms with E-state index in [0.717, 1.165) is 0 Å². The maximum Gasteiger partial charge on any atom is 0.261 e. The molecule has 2 amide bonds. The normalized spacial score (nSPS) is 13.1. The molecule has 0 aliphatic carbocycles. The first-order valence-electron chi connectivity index (χ1n) is 11.8. The van der Waals surface area contributed by atoms with Crippen molar-refractivity contribution in [3.63, 3.8) is 0 Å². The quantitative estimate of drug-likeness (QED) is 0.122. The number of ether oxygens (including phenoxy) is 7. The molecule has 0 aromatic heterocycles. The van der Waals surface area contributed by atoms with Crippen LogP contribution in [0.25, 0.3) is 0 Å². The minimum atomic E-state index is -0.273. The molecule has 0 N–H and O–H groups in total. The molecule has 0 unspecified atom stereocenters. The summed E-state index contributed by atoms with van der Waals surface area (Å²) in [7, 11) is 0. The van der Waals surface area contributed by atoms with Crippen LogP contribution in [0.15, 0.2) is 24.3 Å². The van der Waals surface area contributed by atoms with E-state index in [4.69, 9.17) is 44.8 Å². The average Bonchev–Trinajstić information content (AvgIpc) is 3.12. The van der Waals surface area contributed by atoms with Crippen molar-refractivity contribution in [3.05, 3.63) is 35.4 Å². The number of imide groups is 1. The molecule has 35 heavy (non-hydrogen) atoms. The van der Waals surface area contributed by atoms with Crippen LogP contribution in [0.3, 0.4) is 0 Å². The van der Waals surface area contributed by atoms with Crippen LogP contribution in [0.1, 0.15) is 20.7 Å². The molecule has 0 atom stereocenters. The molecule has 11 heteroatoms. The summed E-state index contributed by atoms with van der Waals surface area (Å²) in [5.41, 5.74) is 0.892. The van der Waals surface area contributed by atoms with Gasteiger partial charge in [0, 0.05) is 5.88 Å². The predicted molar refractivity (Wildman–Crippen MR) is 128 cm³/mol. The van der Waals surface area contributed by atoms with Gasteiger partial charge in [-0.25, -0.2) is 0 Å². The molecule has 1 aromatic carbocycles. The van der Waals surface area contributed by atoms with Crippen LogP contribution in [0.5, 0.6) is 0 Å². The number of fused-ring (bicyclic) bond motifs is 1. The monoisotopic (exact) mass is 517 g/mol. The SMILES string of the molecule is O=C1c2ccccc2C(=O)N1CCOCCOCCOCCOCCOCCOCCOCCCl. The number of alkyl halides is 1. The van der Waals surface area contributed by atoms with Gasteiger partial charge in [0.15, 0.2) is 0 Å². The van der Waals surface area contributed by atoms with Crippen LogP contribution in [0.2, 0.25) is 0 Å². The molecular formula is C24H36ClNO9. The summed E-state index contributed by atoms with van der Waals surface area (Å²) in [5, 5.41) is 0. The van der Waals surface area contributed by atoms with Gasteiger partial charge in [-0.3, -0.25) is 14.5 Å². The van der Waals surface area contributed by atoms with Gasteiger partial charge in [-0.05, 0) is 12.1 Å². The Balaban J connectivity index is 1.27. The third kappa shape index (κ3) is 12.2. The molecule has 0 spiro atoms. The summed E-state index contributed by atoms with van der Waals surface area (Å²) in [4.78, 5) is 25.7. The predicted octanol–water partition coefficient (Wildman–Crippen LogP) is 1.64. The van der Waals surface area contributed by atoms with Crippen LogP contribution in [0, 0.1) is 0 Å². The first kappa shape index (κ1) is 29.6. The third-order valence-electron chi connectivity index (χ3n) is 4.79. The van der Waals surface area contributed by atoms with Crippen molar-refractivity contribution in [2.45, 2.75) is 0 Å². The van der Waals surface area contributed by atoms with Gasteiger partial charge in [-0.2, -0.15) is 0 Å².